The van der Waals surface area contributed by atoms with Gasteiger partial charge < -0.3 is 14.8 Å². The van der Waals surface area contributed by atoms with Crippen LogP contribution in [0.4, 0.5) is 0 Å². The van der Waals surface area contributed by atoms with Crippen LogP contribution in [0.5, 0.6) is 0 Å². The summed E-state index contributed by atoms with van der Waals surface area (Å²) in [5.74, 6) is -0.203. The number of nitrogens with zero attached hydrogens (tertiary/aromatic N) is 1. The molecule has 2 heterocycles. The zero-order valence-electron chi connectivity index (χ0n) is 12.1. The number of carbonyl (C=O) groups excluding carboxylic acids is 1. The Morgan fingerprint density at radius 3 is 3.05 bits per heavy atom. The first-order valence-electron chi connectivity index (χ1n) is 6.94. The molecule has 1 saturated heterocycles. The van der Waals surface area contributed by atoms with Gasteiger partial charge in [-0.2, -0.15) is 0 Å². The first-order chi connectivity index (χ1) is 9.63. The van der Waals surface area contributed by atoms with Crippen molar-refractivity contribution in [3.63, 3.8) is 0 Å². The number of carbonyl (C=O) groups is 1. The van der Waals surface area contributed by atoms with Gasteiger partial charge in [0.15, 0.2) is 0 Å². The van der Waals surface area contributed by atoms with E-state index in [2.05, 4.69) is 16.4 Å². The van der Waals surface area contributed by atoms with Crippen molar-refractivity contribution in [2.75, 3.05) is 20.3 Å². The second kappa shape index (κ2) is 6.81. The maximum absolute atomic E-state index is 11.6. The van der Waals surface area contributed by atoms with E-state index >= 15 is 0 Å². The number of methoxy groups -OCH3 is 1. The monoisotopic (exact) mass is 278 g/mol. The van der Waals surface area contributed by atoms with Gasteiger partial charge in [0.25, 0.3) is 0 Å². The molecule has 0 radical (unpaired) electrons. The lowest BCUT2D eigenvalue weighted by molar-refractivity contribution is -0.144. The summed E-state index contributed by atoms with van der Waals surface area (Å²) < 4.78 is 10.4. The Morgan fingerprint density at radius 1 is 1.55 bits per heavy atom. The fraction of sp³-hybridized carbons (Fsp3) is 0.600. The van der Waals surface area contributed by atoms with Crippen molar-refractivity contribution in [2.45, 2.75) is 38.3 Å². The predicted octanol–water partition coefficient (Wildman–Crippen LogP) is 1.59. The highest BCUT2D eigenvalue weighted by molar-refractivity contribution is 5.70. The predicted molar refractivity (Wildman–Crippen MR) is 75.2 cm³/mol. The summed E-state index contributed by atoms with van der Waals surface area (Å²) in [6, 6.07) is 2.09. The molecule has 1 aliphatic rings. The number of rotatable bonds is 5. The fourth-order valence-corrected chi connectivity index (χ4v) is 2.55. The average molecular weight is 278 g/mol. The lowest BCUT2D eigenvalue weighted by atomic mass is 9.88. The first-order valence-corrected chi connectivity index (χ1v) is 6.94. The van der Waals surface area contributed by atoms with Gasteiger partial charge in [-0.1, -0.05) is 6.07 Å². The third kappa shape index (κ3) is 4.02. The second-order valence-corrected chi connectivity index (χ2v) is 5.41. The molecule has 0 unspecified atom stereocenters. The molecule has 1 atom stereocenters. The lowest BCUT2D eigenvalue weighted by Crippen LogP contribution is -2.52. The molecule has 20 heavy (non-hydrogen) atoms. The standard InChI is InChI=1S/C15H22N2O3/c1-12-6-13(9-16-8-12)10-17-15(7-14(18)19-2)4-3-5-20-11-15/h6,8-9,17H,3-5,7,10-11H2,1-2H3/t15-/m1/s1. The number of esters is 1. The van der Waals surface area contributed by atoms with Gasteiger partial charge in [0.1, 0.15) is 0 Å². The molecule has 5 heteroatoms. The quantitative estimate of drug-likeness (QED) is 0.829. The summed E-state index contributed by atoms with van der Waals surface area (Å²) in [4.78, 5) is 15.8. The van der Waals surface area contributed by atoms with Crippen LogP contribution >= 0.6 is 0 Å². The summed E-state index contributed by atoms with van der Waals surface area (Å²) >= 11 is 0. The van der Waals surface area contributed by atoms with Crippen molar-refractivity contribution >= 4 is 5.97 Å². The van der Waals surface area contributed by atoms with E-state index < -0.39 is 0 Å². The zero-order chi connectivity index (χ0) is 14.4. The van der Waals surface area contributed by atoms with E-state index in [1.54, 1.807) is 0 Å². The van der Waals surface area contributed by atoms with Crippen LogP contribution in [0.15, 0.2) is 18.5 Å². The summed E-state index contributed by atoms with van der Waals surface area (Å²) in [6.45, 7) is 4.00. The zero-order valence-corrected chi connectivity index (χ0v) is 12.1. The minimum atomic E-state index is -0.324. The van der Waals surface area contributed by atoms with Crippen molar-refractivity contribution in [1.29, 1.82) is 0 Å². The van der Waals surface area contributed by atoms with Crippen LogP contribution in [0.3, 0.4) is 0 Å². The molecule has 0 bridgehead atoms. The van der Waals surface area contributed by atoms with Gasteiger partial charge in [-0.3, -0.25) is 9.78 Å². The van der Waals surface area contributed by atoms with E-state index in [9.17, 15) is 4.79 Å². The highest BCUT2D eigenvalue weighted by Crippen LogP contribution is 2.24. The molecule has 0 saturated carbocycles. The second-order valence-electron chi connectivity index (χ2n) is 5.41. The van der Waals surface area contributed by atoms with Crippen LogP contribution in [0.2, 0.25) is 0 Å². The van der Waals surface area contributed by atoms with Crippen LogP contribution in [0.1, 0.15) is 30.4 Å². The normalized spacial score (nSPS) is 22.5. The van der Waals surface area contributed by atoms with Crippen LogP contribution in [0, 0.1) is 6.92 Å². The van der Waals surface area contributed by atoms with Gasteiger partial charge >= 0.3 is 5.97 Å². The van der Waals surface area contributed by atoms with Crippen LogP contribution < -0.4 is 5.32 Å². The Kier molecular flexibility index (Phi) is 5.09. The first kappa shape index (κ1) is 14.9. The minimum Gasteiger partial charge on any atom is -0.469 e. The maximum Gasteiger partial charge on any atom is 0.307 e. The fourth-order valence-electron chi connectivity index (χ4n) is 2.55. The van der Waals surface area contributed by atoms with E-state index in [0.29, 0.717) is 19.6 Å². The highest BCUT2D eigenvalue weighted by Gasteiger charge is 2.35. The smallest absolute Gasteiger partial charge is 0.307 e. The van der Waals surface area contributed by atoms with E-state index in [4.69, 9.17) is 9.47 Å². The topological polar surface area (TPSA) is 60.5 Å². The highest BCUT2D eigenvalue weighted by atomic mass is 16.5. The largest absolute Gasteiger partial charge is 0.469 e. The minimum absolute atomic E-state index is 0.203. The third-order valence-corrected chi connectivity index (χ3v) is 3.63. The molecule has 2 rings (SSSR count). The van der Waals surface area contributed by atoms with Crippen molar-refractivity contribution in [3.05, 3.63) is 29.6 Å². The molecule has 1 aromatic heterocycles. The van der Waals surface area contributed by atoms with Crippen molar-refractivity contribution < 1.29 is 14.3 Å². The molecular weight excluding hydrogens is 256 g/mol. The van der Waals surface area contributed by atoms with Crippen molar-refractivity contribution in [1.82, 2.24) is 10.3 Å². The van der Waals surface area contributed by atoms with E-state index in [-0.39, 0.29) is 11.5 Å². The molecule has 5 nitrogen and oxygen atoms in total. The number of aromatic nitrogens is 1. The van der Waals surface area contributed by atoms with E-state index in [0.717, 1.165) is 30.6 Å². The number of aryl methyl sites for hydroxylation is 1. The van der Waals surface area contributed by atoms with Gasteiger partial charge in [-0.25, -0.2) is 0 Å². The maximum atomic E-state index is 11.6. The van der Waals surface area contributed by atoms with Crippen molar-refractivity contribution in [3.8, 4) is 0 Å². The Bertz CT molecular complexity index is 456. The number of hydrogen-bond acceptors (Lipinski definition) is 5. The molecule has 1 fully saturated rings. The Balaban J connectivity index is 2.02. The molecule has 1 aromatic rings. The summed E-state index contributed by atoms with van der Waals surface area (Å²) in [6.07, 6.45) is 5.88. The van der Waals surface area contributed by atoms with Gasteiger partial charge in [-0.15, -0.1) is 0 Å². The molecule has 1 aliphatic heterocycles. The summed E-state index contributed by atoms with van der Waals surface area (Å²) in [7, 11) is 1.42. The molecule has 0 amide bonds. The summed E-state index contributed by atoms with van der Waals surface area (Å²) in [5.41, 5.74) is 1.92. The lowest BCUT2D eigenvalue weighted by Gasteiger charge is -2.37. The molecular formula is C15H22N2O3. The Morgan fingerprint density at radius 2 is 2.40 bits per heavy atom. The van der Waals surface area contributed by atoms with Crippen LogP contribution in [-0.4, -0.2) is 36.8 Å². The molecule has 0 aromatic carbocycles. The van der Waals surface area contributed by atoms with Crippen molar-refractivity contribution in [2.24, 2.45) is 0 Å². The van der Waals surface area contributed by atoms with Crippen LogP contribution in [-0.2, 0) is 20.8 Å². The number of nitrogens with one attached hydrogen (secondary N) is 1. The van der Waals surface area contributed by atoms with Gasteiger partial charge in [0.05, 0.1) is 25.7 Å². The van der Waals surface area contributed by atoms with E-state index in [1.807, 2.05) is 19.3 Å². The van der Waals surface area contributed by atoms with Gasteiger partial charge in [0.2, 0.25) is 0 Å². The molecule has 110 valence electrons. The Hall–Kier alpha value is -1.46. The molecule has 0 spiro atoms. The molecule has 0 aliphatic carbocycles. The van der Waals surface area contributed by atoms with E-state index in [1.165, 1.54) is 7.11 Å². The number of pyridine rings is 1. The van der Waals surface area contributed by atoms with Crippen LogP contribution in [0.25, 0.3) is 0 Å². The van der Waals surface area contributed by atoms with Gasteiger partial charge in [0, 0.05) is 25.5 Å². The molecule has 1 N–H and O–H groups in total. The third-order valence-electron chi connectivity index (χ3n) is 3.63. The van der Waals surface area contributed by atoms with Gasteiger partial charge in [-0.05, 0) is 30.9 Å². The summed E-state index contributed by atoms with van der Waals surface area (Å²) in [5, 5.41) is 3.48. The number of hydrogen-bond donors (Lipinski definition) is 1. The number of ether oxygens (including phenoxy) is 2. The SMILES string of the molecule is COC(=O)C[C@]1(NCc2cncc(C)c2)CCCOC1. The average Bonchev–Trinajstić information content (AvgIpc) is 2.46. The Labute approximate surface area is 119 Å².